The summed E-state index contributed by atoms with van der Waals surface area (Å²) < 4.78 is 11.8. The van der Waals surface area contributed by atoms with Crippen molar-refractivity contribution in [2.45, 2.75) is 26.1 Å². The van der Waals surface area contributed by atoms with Crippen molar-refractivity contribution < 1.29 is 14.3 Å². The molecule has 0 saturated carbocycles. The van der Waals surface area contributed by atoms with Gasteiger partial charge >= 0.3 is 0 Å². The third kappa shape index (κ3) is 3.60. The highest BCUT2D eigenvalue weighted by atomic mass is 16.5. The van der Waals surface area contributed by atoms with Gasteiger partial charge in [-0.1, -0.05) is 54.6 Å². The van der Waals surface area contributed by atoms with E-state index >= 15 is 0 Å². The van der Waals surface area contributed by atoms with Gasteiger partial charge in [0, 0.05) is 20.0 Å². The molecular weight excluding hydrogens is 350 g/mol. The lowest BCUT2D eigenvalue weighted by molar-refractivity contribution is 0.00982. The molecule has 0 aliphatic carbocycles. The zero-order valence-corrected chi connectivity index (χ0v) is 16.4. The maximum Gasteiger partial charge on any atom is 0.258 e. The molecule has 3 aromatic rings. The SMILES string of the molecule is CCOc1ccc2ccccc2c1C(=O)N(C)CC1Cc2ccccc2CO1. The summed E-state index contributed by atoms with van der Waals surface area (Å²) in [5, 5.41) is 1.95. The standard InChI is InChI=1S/C24H25NO3/c1-3-27-22-13-12-17-8-6-7-11-21(17)23(22)24(26)25(2)15-20-14-18-9-4-5-10-19(18)16-28-20/h4-13,20H,3,14-16H2,1-2H3. The van der Waals surface area contributed by atoms with E-state index in [4.69, 9.17) is 9.47 Å². The minimum Gasteiger partial charge on any atom is -0.493 e. The number of nitrogens with zero attached hydrogens (tertiary/aromatic N) is 1. The molecule has 144 valence electrons. The first-order valence-corrected chi connectivity index (χ1v) is 9.75. The fraction of sp³-hybridized carbons (Fsp3) is 0.292. The van der Waals surface area contributed by atoms with Crippen LogP contribution in [0.5, 0.6) is 5.75 Å². The molecule has 0 spiro atoms. The van der Waals surface area contributed by atoms with Crippen molar-refractivity contribution in [3.63, 3.8) is 0 Å². The molecule has 1 unspecified atom stereocenters. The highest BCUT2D eigenvalue weighted by molar-refractivity contribution is 6.09. The summed E-state index contributed by atoms with van der Waals surface area (Å²) in [6, 6.07) is 20.2. The lowest BCUT2D eigenvalue weighted by atomic mass is 9.98. The van der Waals surface area contributed by atoms with E-state index in [0.29, 0.717) is 31.1 Å². The minimum absolute atomic E-state index is 0.00521. The Morgan fingerprint density at radius 3 is 2.64 bits per heavy atom. The van der Waals surface area contributed by atoms with Crippen molar-refractivity contribution in [1.82, 2.24) is 4.90 Å². The predicted octanol–water partition coefficient (Wildman–Crippen LogP) is 4.45. The van der Waals surface area contributed by atoms with Gasteiger partial charge in [-0.2, -0.15) is 0 Å². The summed E-state index contributed by atoms with van der Waals surface area (Å²) in [6.45, 7) is 3.59. The second-order valence-electron chi connectivity index (χ2n) is 7.18. The number of hydrogen-bond acceptors (Lipinski definition) is 3. The van der Waals surface area contributed by atoms with Gasteiger partial charge in [-0.3, -0.25) is 4.79 Å². The topological polar surface area (TPSA) is 38.8 Å². The van der Waals surface area contributed by atoms with Crippen molar-refractivity contribution >= 4 is 16.7 Å². The van der Waals surface area contributed by atoms with Crippen molar-refractivity contribution in [1.29, 1.82) is 0 Å². The fourth-order valence-electron chi connectivity index (χ4n) is 3.85. The molecule has 4 rings (SSSR count). The van der Waals surface area contributed by atoms with Crippen LogP contribution >= 0.6 is 0 Å². The van der Waals surface area contributed by atoms with E-state index in [1.807, 2.05) is 56.4 Å². The van der Waals surface area contributed by atoms with Crippen molar-refractivity contribution in [3.8, 4) is 5.75 Å². The quantitative estimate of drug-likeness (QED) is 0.661. The zero-order valence-electron chi connectivity index (χ0n) is 16.4. The number of likely N-dealkylation sites (N-methyl/N-ethyl adjacent to an activating group) is 1. The van der Waals surface area contributed by atoms with Crippen LogP contribution in [-0.2, 0) is 17.8 Å². The van der Waals surface area contributed by atoms with E-state index in [1.54, 1.807) is 4.90 Å². The number of fused-ring (bicyclic) bond motifs is 2. The maximum absolute atomic E-state index is 13.4. The lowest BCUT2D eigenvalue weighted by Crippen LogP contribution is -2.38. The Morgan fingerprint density at radius 2 is 1.82 bits per heavy atom. The Hall–Kier alpha value is -2.85. The predicted molar refractivity (Wildman–Crippen MR) is 111 cm³/mol. The molecule has 3 aromatic carbocycles. The average Bonchev–Trinajstić information content (AvgIpc) is 2.73. The van der Waals surface area contributed by atoms with E-state index in [9.17, 15) is 4.79 Å². The van der Waals surface area contributed by atoms with Gasteiger partial charge in [0.1, 0.15) is 5.75 Å². The number of rotatable bonds is 5. The second-order valence-corrected chi connectivity index (χ2v) is 7.18. The highest BCUT2D eigenvalue weighted by Gasteiger charge is 2.25. The van der Waals surface area contributed by atoms with Gasteiger partial charge in [-0.15, -0.1) is 0 Å². The van der Waals surface area contributed by atoms with Gasteiger partial charge in [-0.05, 0) is 34.9 Å². The van der Waals surface area contributed by atoms with Crippen LogP contribution in [0.15, 0.2) is 60.7 Å². The van der Waals surface area contributed by atoms with Crippen LogP contribution in [-0.4, -0.2) is 37.1 Å². The summed E-state index contributed by atoms with van der Waals surface area (Å²) in [4.78, 5) is 15.1. The Morgan fingerprint density at radius 1 is 1.07 bits per heavy atom. The molecule has 0 saturated heterocycles. The summed E-state index contributed by atoms with van der Waals surface area (Å²) >= 11 is 0. The third-order valence-corrected chi connectivity index (χ3v) is 5.27. The van der Waals surface area contributed by atoms with Crippen LogP contribution in [0.1, 0.15) is 28.4 Å². The van der Waals surface area contributed by atoms with Gasteiger partial charge in [-0.25, -0.2) is 0 Å². The van der Waals surface area contributed by atoms with E-state index in [2.05, 4.69) is 18.2 Å². The van der Waals surface area contributed by atoms with Crippen molar-refractivity contribution in [3.05, 3.63) is 77.4 Å². The van der Waals surface area contributed by atoms with Gasteiger partial charge in [0.05, 0.1) is 24.9 Å². The molecule has 0 N–H and O–H groups in total. The van der Waals surface area contributed by atoms with Gasteiger partial charge < -0.3 is 14.4 Å². The number of carbonyl (C=O) groups is 1. The van der Waals surface area contributed by atoms with Crippen LogP contribution in [0, 0.1) is 0 Å². The van der Waals surface area contributed by atoms with Crippen molar-refractivity contribution in [2.24, 2.45) is 0 Å². The number of ether oxygens (including phenoxy) is 2. The maximum atomic E-state index is 13.4. The molecule has 0 aromatic heterocycles. The van der Waals surface area contributed by atoms with E-state index in [1.165, 1.54) is 11.1 Å². The van der Waals surface area contributed by atoms with Crippen LogP contribution in [0.4, 0.5) is 0 Å². The Kier molecular flexibility index (Phi) is 5.31. The number of amides is 1. The molecule has 28 heavy (non-hydrogen) atoms. The Balaban J connectivity index is 1.58. The molecule has 0 bridgehead atoms. The summed E-state index contributed by atoms with van der Waals surface area (Å²) in [6.07, 6.45) is 0.816. The monoisotopic (exact) mass is 375 g/mol. The molecule has 0 radical (unpaired) electrons. The molecule has 1 aliphatic heterocycles. The molecule has 4 nitrogen and oxygen atoms in total. The number of hydrogen-bond donors (Lipinski definition) is 0. The zero-order chi connectivity index (χ0) is 19.5. The molecule has 1 heterocycles. The molecule has 0 fully saturated rings. The molecule has 4 heteroatoms. The molecule has 1 aliphatic rings. The van der Waals surface area contributed by atoms with Gasteiger partial charge in [0.2, 0.25) is 0 Å². The fourth-order valence-corrected chi connectivity index (χ4v) is 3.85. The summed E-state index contributed by atoms with van der Waals surface area (Å²) in [5.41, 5.74) is 3.17. The van der Waals surface area contributed by atoms with E-state index in [0.717, 1.165) is 17.2 Å². The number of carbonyl (C=O) groups excluding carboxylic acids is 1. The van der Waals surface area contributed by atoms with Crippen molar-refractivity contribution in [2.75, 3.05) is 20.2 Å². The van der Waals surface area contributed by atoms with Gasteiger partial charge in [0.25, 0.3) is 5.91 Å². The lowest BCUT2D eigenvalue weighted by Gasteiger charge is -2.29. The van der Waals surface area contributed by atoms with Crippen LogP contribution in [0.2, 0.25) is 0 Å². The number of benzene rings is 3. The van der Waals surface area contributed by atoms with Crippen LogP contribution in [0.3, 0.4) is 0 Å². The normalized spacial score (nSPS) is 15.9. The molecular formula is C24H25NO3. The van der Waals surface area contributed by atoms with E-state index in [-0.39, 0.29) is 12.0 Å². The smallest absolute Gasteiger partial charge is 0.258 e. The molecule has 1 atom stereocenters. The van der Waals surface area contributed by atoms with Crippen LogP contribution < -0.4 is 4.74 Å². The second kappa shape index (κ2) is 8.03. The highest BCUT2D eigenvalue weighted by Crippen LogP contribution is 2.30. The average molecular weight is 375 g/mol. The molecule has 1 amide bonds. The largest absolute Gasteiger partial charge is 0.493 e. The van der Waals surface area contributed by atoms with E-state index < -0.39 is 0 Å². The Bertz CT molecular complexity index is 998. The first-order valence-electron chi connectivity index (χ1n) is 9.75. The third-order valence-electron chi connectivity index (χ3n) is 5.27. The van der Waals surface area contributed by atoms with Gasteiger partial charge in [0.15, 0.2) is 0 Å². The minimum atomic E-state index is -0.0392. The van der Waals surface area contributed by atoms with Crippen LogP contribution in [0.25, 0.3) is 10.8 Å². The Labute approximate surface area is 165 Å². The summed E-state index contributed by atoms with van der Waals surface area (Å²) in [7, 11) is 1.84. The summed E-state index contributed by atoms with van der Waals surface area (Å²) in [5.74, 6) is 0.593. The first kappa shape index (κ1) is 18.5. The first-order chi connectivity index (χ1) is 13.7.